The molecule has 0 unspecified atom stereocenters. The second-order valence-electron chi connectivity index (χ2n) is 5.28. The molecule has 0 fully saturated rings. The lowest BCUT2D eigenvalue weighted by Crippen LogP contribution is -2.18. The first-order valence-corrected chi connectivity index (χ1v) is 7.90. The van der Waals surface area contributed by atoms with Gasteiger partial charge in [0.1, 0.15) is 11.5 Å². The van der Waals surface area contributed by atoms with Gasteiger partial charge in [-0.25, -0.2) is 10.2 Å². The molecule has 0 spiro atoms. The Morgan fingerprint density at radius 3 is 2.65 bits per heavy atom. The average molecular weight is 377 g/mol. The van der Waals surface area contributed by atoms with Crippen molar-refractivity contribution in [3.05, 3.63) is 58.1 Å². The van der Waals surface area contributed by atoms with Crippen LogP contribution in [0.1, 0.15) is 21.5 Å². The molecule has 0 aliphatic rings. The Bertz CT molecular complexity index is 851. The zero-order valence-corrected chi connectivity index (χ0v) is 14.9. The Balaban J connectivity index is 2.03. The summed E-state index contributed by atoms with van der Waals surface area (Å²) < 4.78 is 10.2. The predicted octanol–water partition coefficient (Wildman–Crippen LogP) is 2.88. The van der Waals surface area contributed by atoms with Crippen LogP contribution in [0.15, 0.2) is 41.5 Å². The van der Waals surface area contributed by atoms with Gasteiger partial charge < -0.3 is 14.6 Å². The molecule has 1 amide bonds. The topological polar surface area (TPSA) is 97.2 Å². The van der Waals surface area contributed by atoms with Crippen molar-refractivity contribution in [1.29, 1.82) is 0 Å². The molecular formula is C18H17ClN2O5. The first-order chi connectivity index (χ1) is 12.4. The van der Waals surface area contributed by atoms with E-state index in [4.69, 9.17) is 26.2 Å². The van der Waals surface area contributed by atoms with Crippen LogP contribution < -0.4 is 14.9 Å². The summed E-state index contributed by atoms with van der Waals surface area (Å²) in [5.74, 6) is -0.799. The number of nitrogens with one attached hydrogen (secondary N) is 1. The number of ether oxygens (including phenoxy) is 2. The van der Waals surface area contributed by atoms with Crippen LogP contribution in [0, 0.1) is 6.92 Å². The van der Waals surface area contributed by atoms with Gasteiger partial charge in [-0.1, -0.05) is 17.7 Å². The number of halogens is 1. The van der Waals surface area contributed by atoms with Gasteiger partial charge >= 0.3 is 5.97 Å². The SMILES string of the molecule is COc1cc(C)ccc1C(=O)N/N=C\c1ccc(OCC(=O)O)c(Cl)c1. The summed E-state index contributed by atoms with van der Waals surface area (Å²) in [6.07, 6.45) is 1.41. The standard InChI is InChI=1S/C18H17ClN2O5/c1-11-3-5-13(16(7-11)25-2)18(24)21-20-9-12-4-6-15(14(19)8-12)26-10-17(22)23/h3-9H,10H2,1-2H3,(H,21,24)(H,22,23)/b20-9-. The molecule has 0 radical (unpaired) electrons. The number of hydrazone groups is 1. The second kappa shape index (κ2) is 8.87. The van der Waals surface area contributed by atoms with Crippen LogP contribution in [0.4, 0.5) is 0 Å². The lowest BCUT2D eigenvalue weighted by molar-refractivity contribution is -0.139. The van der Waals surface area contributed by atoms with Crippen molar-refractivity contribution >= 4 is 29.7 Å². The summed E-state index contributed by atoms with van der Waals surface area (Å²) in [7, 11) is 1.49. The number of carboxylic acid groups (broad SMARTS) is 1. The number of amides is 1. The van der Waals surface area contributed by atoms with Gasteiger partial charge in [0.25, 0.3) is 5.91 Å². The highest BCUT2D eigenvalue weighted by molar-refractivity contribution is 6.32. The van der Waals surface area contributed by atoms with E-state index in [1.54, 1.807) is 30.3 Å². The number of carboxylic acids is 1. The van der Waals surface area contributed by atoms with Gasteiger partial charge in [0, 0.05) is 0 Å². The van der Waals surface area contributed by atoms with Crippen molar-refractivity contribution in [2.45, 2.75) is 6.92 Å². The summed E-state index contributed by atoms with van der Waals surface area (Å²) in [6.45, 7) is 1.41. The van der Waals surface area contributed by atoms with E-state index >= 15 is 0 Å². The van der Waals surface area contributed by atoms with Crippen LogP contribution in [-0.4, -0.2) is 36.9 Å². The van der Waals surface area contributed by atoms with Crippen LogP contribution in [0.25, 0.3) is 0 Å². The third kappa shape index (κ3) is 5.22. The van der Waals surface area contributed by atoms with Crippen LogP contribution in [0.3, 0.4) is 0 Å². The van der Waals surface area contributed by atoms with E-state index in [0.717, 1.165) is 5.56 Å². The number of rotatable bonds is 7. The van der Waals surface area contributed by atoms with Crippen molar-refractivity contribution in [2.24, 2.45) is 5.10 Å². The van der Waals surface area contributed by atoms with E-state index in [2.05, 4.69) is 10.5 Å². The summed E-state index contributed by atoms with van der Waals surface area (Å²) in [5, 5.41) is 12.7. The van der Waals surface area contributed by atoms with Crippen molar-refractivity contribution in [3.8, 4) is 11.5 Å². The number of hydrogen-bond acceptors (Lipinski definition) is 5. The lowest BCUT2D eigenvalue weighted by atomic mass is 10.1. The average Bonchev–Trinajstić information content (AvgIpc) is 2.60. The van der Waals surface area contributed by atoms with E-state index in [1.807, 2.05) is 6.92 Å². The third-order valence-electron chi connectivity index (χ3n) is 3.29. The van der Waals surface area contributed by atoms with Gasteiger partial charge in [0.05, 0.1) is 23.9 Å². The zero-order valence-electron chi connectivity index (χ0n) is 14.2. The highest BCUT2D eigenvalue weighted by Crippen LogP contribution is 2.25. The van der Waals surface area contributed by atoms with Crippen LogP contribution in [0.2, 0.25) is 5.02 Å². The summed E-state index contributed by atoms with van der Waals surface area (Å²) in [6, 6.07) is 9.92. The fraction of sp³-hybridized carbons (Fsp3) is 0.167. The monoisotopic (exact) mass is 376 g/mol. The van der Waals surface area contributed by atoms with Gasteiger partial charge in [0.15, 0.2) is 6.61 Å². The Hall–Kier alpha value is -3.06. The van der Waals surface area contributed by atoms with E-state index in [1.165, 1.54) is 19.4 Å². The minimum Gasteiger partial charge on any atom is -0.496 e. The number of methoxy groups -OCH3 is 1. The molecule has 0 saturated carbocycles. The first kappa shape index (κ1) is 19.3. The highest BCUT2D eigenvalue weighted by Gasteiger charge is 2.11. The summed E-state index contributed by atoms with van der Waals surface area (Å²) >= 11 is 6.02. The third-order valence-corrected chi connectivity index (χ3v) is 3.58. The largest absolute Gasteiger partial charge is 0.496 e. The number of carbonyl (C=O) groups excluding carboxylic acids is 1. The molecule has 136 valence electrons. The van der Waals surface area contributed by atoms with Crippen LogP contribution >= 0.6 is 11.6 Å². The number of carbonyl (C=O) groups is 2. The van der Waals surface area contributed by atoms with Crippen LogP contribution in [0.5, 0.6) is 11.5 Å². The van der Waals surface area contributed by atoms with Crippen molar-refractivity contribution in [1.82, 2.24) is 5.43 Å². The molecule has 0 saturated heterocycles. The molecule has 2 N–H and O–H groups in total. The summed E-state index contributed by atoms with van der Waals surface area (Å²) in [5.41, 5.74) is 4.36. The van der Waals surface area contributed by atoms with E-state index in [0.29, 0.717) is 16.9 Å². The number of hydrogen-bond donors (Lipinski definition) is 2. The van der Waals surface area contributed by atoms with Gasteiger partial charge in [-0.2, -0.15) is 5.10 Å². The zero-order chi connectivity index (χ0) is 19.1. The van der Waals surface area contributed by atoms with Crippen molar-refractivity contribution in [3.63, 3.8) is 0 Å². The maximum Gasteiger partial charge on any atom is 0.341 e. The first-order valence-electron chi connectivity index (χ1n) is 7.53. The van der Waals surface area contributed by atoms with E-state index in [-0.39, 0.29) is 10.8 Å². The smallest absolute Gasteiger partial charge is 0.341 e. The Kier molecular flexibility index (Phi) is 6.57. The predicted molar refractivity (Wildman–Crippen MR) is 97.4 cm³/mol. The minimum atomic E-state index is -1.10. The molecule has 2 rings (SSSR count). The van der Waals surface area contributed by atoms with Crippen LogP contribution in [-0.2, 0) is 4.79 Å². The maximum absolute atomic E-state index is 12.2. The van der Waals surface area contributed by atoms with E-state index < -0.39 is 18.5 Å². The molecular weight excluding hydrogens is 360 g/mol. The molecule has 0 atom stereocenters. The van der Waals surface area contributed by atoms with Gasteiger partial charge in [0.2, 0.25) is 0 Å². The fourth-order valence-corrected chi connectivity index (χ4v) is 2.31. The minimum absolute atomic E-state index is 0.238. The quantitative estimate of drug-likeness (QED) is 0.572. The molecule has 0 bridgehead atoms. The number of nitrogens with zero attached hydrogens (tertiary/aromatic N) is 1. The van der Waals surface area contributed by atoms with Gasteiger partial charge in [-0.3, -0.25) is 4.79 Å². The Labute approximate surface area is 155 Å². The number of aryl methyl sites for hydroxylation is 1. The molecule has 0 aliphatic heterocycles. The molecule has 2 aromatic carbocycles. The second-order valence-corrected chi connectivity index (χ2v) is 5.68. The van der Waals surface area contributed by atoms with Gasteiger partial charge in [-0.15, -0.1) is 0 Å². The molecule has 26 heavy (non-hydrogen) atoms. The molecule has 0 aromatic heterocycles. The summed E-state index contributed by atoms with van der Waals surface area (Å²) in [4.78, 5) is 22.7. The fourth-order valence-electron chi connectivity index (χ4n) is 2.07. The number of benzene rings is 2. The van der Waals surface area contributed by atoms with Gasteiger partial charge in [-0.05, 0) is 48.4 Å². The Morgan fingerprint density at radius 1 is 1.23 bits per heavy atom. The maximum atomic E-state index is 12.2. The lowest BCUT2D eigenvalue weighted by Gasteiger charge is -2.08. The molecule has 0 heterocycles. The molecule has 2 aromatic rings. The molecule has 0 aliphatic carbocycles. The normalized spacial score (nSPS) is 10.6. The Morgan fingerprint density at radius 2 is 2.00 bits per heavy atom. The van der Waals surface area contributed by atoms with Crippen molar-refractivity contribution in [2.75, 3.05) is 13.7 Å². The molecule has 8 heteroatoms. The molecule has 7 nitrogen and oxygen atoms in total. The number of aliphatic carboxylic acids is 1. The van der Waals surface area contributed by atoms with Crippen molar-refractivity contribution < 1.29 is 24.2 Å². The van der Waals surface area contributed by atoms with E-state index in [9.17, 15) is 9.59 Å². The highest BCUT2D eigenvalue weighted by atomic mass is 35.5.